The molecular formula is C13H10F3N3O5. The maximum absolute atomic E-state index is 12.9. The summed E-state index contributed by atoms with van der Waals surface area (Å²) in [7, 11) is 0. The summed E-state index contributed by atoms with van der Waals surface area (Å²) in [5.74, 6) is -0.948. The zero-order valence-corrected chi connectivity index (χ0v) is 12.1. The molecule has 0 unspecified atom stereocenters. The lowest BCUT2D eigenvalue weighted by Gasteiger charge is -2.13. The van der Waals surface area contributed by atoms with Crippen molar-refractivity contribution in [3.8, 4) is 5.75 Å². The van der Waals surface area contributed by atoms with Crippen LogP contribution in [0.3, 0.4) is 0 Å². The Balaban J connectivity index is 2.11. The van der Waals surface area contributed by atoms with Crippen LogP contribution in [0.5, 0.6) is 5.75 Å². The molecule has 128 valence electrons. The molecule has 8 nitrogen and oxygen atoms in total. The van der Waals surface area contributed by atoms with Crippen LogP contribution in [0, 0.1) is 17.0 Å². The number of hydrogen-bond donors (Lipinski definition) is 1. The maximum Gasteiger partial charge on any atom is 0.420 e. The number of aromatic nitrogens is 1. The number of alkyl halides is 3. The van der Waals surface area contributed by atoms with E-state index in [0.717, 1.165) is 12.1 Å². The Morgan fingerprint density at radius 1 is 1.42 bits per heavy atom. The summed E-state index contributed by atoms with van der Waals surface area (Å²) < 4.78 is 48.4. The number of benzene rings is 1. The van der Waals surface area contributed by atoms with E-state index in [4.69, 9.17) is 9.26 Å². The molecule has 0 saturated carbocycles. The number of amides is 1. The molecule has 1 aromatic heterocycles. The van der Waals surface area contributed by atoms with Crippen LogP contribution in [-0.2, 0) is 11.0 Å². The van der Waals surface area contributed by atoms with E-state index < -0.39 is 40.6 Å². The Morgan fingerprint density at radius 2 is 2.12 bits per heavy atom. The van der Waals surface area contributed by atoms with E-state index in [1.54, 1.807) is 6.92 Å². The molecular weight excluding hydrogens is 335 g/mol. The van der Waals surface area contributed by atoms with Crippen molar-refractivity contribution in [1.82, 2.24) is 5.16 Å². The van der Waals surface area contributed by atoms with E-state index >= 15 is 0 Å². The number of nitro groups is 1. The summed E-state index contributed by atoms with van der Waals surface area (Å²) in [4.78, 5) is 21.2. The Bertz CT molecular complexity index is 772. The van der Waals surface area contributed by atoms with Crippen LogP contribution in [0.15, 0.2) is 28.8 Å². The van der Waals surface area contributed by atoms with Gasteiger partial charge in [0.15, 0.2) is 12.4 Å². The van der Waals surface area contributed by atoms with Gasteiger partial charge in [-0.15, -0.1) is 0 Å². The van der Waals surface area contributed by atoms with Gasteiger partial charge >= 0.3 is 6.18 Å². The Hall–Kier alpha value is -3.11. The largest absolute Gasteiger partial charge is 0.483 e. The number of ether oxygens (including phenoxy) is 1. The molecule has 2 aromatic rings. The highest BCUT2D eigenvalue weighted by atomic mass is 19.4. The van der Waals surface area contributed by atoms with Gasteiger partial charge in [0.05, 0.1) is 4.92 Å². The van der Waals surface area contributed by atoms with E-state index in [-0.39, 0.29) is 5.82 Å². The number of carbonyl (C=O) groups is 1. The minimum atomic E-state index is -4.87. The third kappa shape index (κ3) is 4.21. The predicted molar refractivity (Wildman–Crippen MR) is 73.5 cm³/mol. The highest BCUT2D eigenvalue weighted by Crippen LogP contribution is 2.38. The molecule has 1 N–H and O–H groups in total. The first-order valence-corrected chi connectivity index (χ1v) is 6.38. The number of nitrogens with zero attached hydrogens (tertiary/aromatic N) is 2. The lowest BCUT2D eigenvalue weighted by atomic mass is 10.1. The fraction of sp³-hybridized carbons (Fsp3) is 0.231. The Kier molecular flexibility index (Phi) is 4.71. The zero-order chi connectivity index (χ0) is 17.9. The number of anilines is 1. The third-order valence-corrected chi connectivity index (χ3v) is 2.73. The maximum atomic E-state index is 12.9. The first-order valence-electron chi connectivity index (χ1n) is 6.38. The van der Waals surface area contributed by atoms with Gasteiger partial charge < -0.3 is 14.6 Å². The monoisotopic (exact) mass is 345 g/mol. The number of nitrogens with one attached hydrogen (secondary N) is 1. The first kappa shape index (κ1) is 17.2. The molecule has 0 saturated heterocycles. The molecule has 1 heterocycles. The van der Waals surface area contributed by atoms with Gasteiger partial charge in [-0.3, -0.25) is 14.9 Å². The average Bonchev–Trinajstić information content (AvgIpc) is 2.89. The van der Waals surface area contributed by atoms with Gasteiger partial charge in [-0.25, -0.2) is 0 Å². The van der Waals surface area contributed by atoms with Crippen molar-refractivity contribution in [3.63, 3.8) is 0 Å². The normalized spacial score (nSPS) is 11.2. The van der Waals surface area contributed by atoms with Crippen molar-refractivity contribution in [3.05, 3.63) is 45.7 Å². The van der Waals surface area contributed by atoms with Crippen molar-refractivity contribution in [1.29, 1.82) is 0 Å². The fourth-order valence-electron chi connectivity index (χ4n) is 1.73. The van der Waals surface area contributed by atoms with E-state index in [0.29, 0.717) is 11.8 Å². The van der Waals surface area contributed by atoms with Crippen LogP contribution in [0.4, 0.5) is 24.7 Å². The van der Waals surface area contributed by atoms with Gasteiger partial charge in [0.2, 0.25) is 0 Å². The zero-order valence-electron chi connectivity index (χ0n) is 12.1. The molecule has 1 amide bonds. The van der Waals surface area contributed by atoms with Gasteiger partial charge in [-0.05, 0) is 13.0 Å². The second-order valence-corrected chi connectivity index (χ2v) is 4.59. The topological polar surface area (TPSA) is 108 Å². The molecule has 0 atom stereocenters. The number of carbonyl (C=O) groups excluding carboxylic acids is 1. The van der Waals surface area contributed by atoms with Crippen LogP contribution >= 0.6 is 0 Å². The summed E-state index contributed by atoms with van der Waals surface area (Å²) in [6, 6.07) is 3.39. The summed E-state index contributed by atoms with van der Waals surface area (Å²) in [5.41, 5.74) is -2.08. The summed E-state index contributed by atoms with van der Waals surface area (Å²) >= 11 is 0. The van der Waals surface area contributed by atoms with Crippen molar-refractivity contribution in [2.75, 3.05) is 11.9 Å². The van der Waals surface area contributed by atoms with Gasteiger partial charge in [0, 0.05) is 18.2 Å². The molecule has 1 aromatic carbocycles. The lowest BCUT2D eigenvalue weighted by Crippen LogP contribution is -2.21. The van der Waals surface area contributed by atoms with Crippen molar-refractivity contribution in [2.24, 2.45) is 0 Å². The molecule has 0 aliphatic carbocycles. The van der Waals surface area contributed by atoms with E-state index in [1.807, 2.05) is 0 Å². The van der Waals surface area contributed by atoms with Gasteiger partial charge in [-0.2, -0.15) is 13.2 Å². The fourth-order valence-corrected chi connectivity index (χ4v) is 1.73. The number of rotatable bonds is 5. The number of hydrogen-bond acceptors (Lipinski definition) is 6. The molecule has 0 aliphatic heterocycles. The van der Waals surface area contributed by atoms with Crippen LogP contribution in [0.25, 0.3) is 0 Å². The van der Waals surface area contributed by atoms with Crippen molar-refractivity contribution >= 4 is 17.4 Å². The van der Waals surface area contributed by atoms with E-state index in [2.05, 4.69) is 10.5 Å². The molecule has 0 fully saturated rings. The predicted octanol–water partition coefficient (Wildman–Crippen LogP) is 2.93. The first-order chi connectivity index (χ1) is 11.2. The molecule has 11 heteroatoms. The quantitative estimate of drug-likeness (QED) is 0.659. The van der Waals surface area contributed by atoms with E-state index in [1.165, 1.54) is 6.07 Å². The van der Waals surface area contributed by atoms with Crippen molar-refractivity contribution < 1.29 is 32.1 Å². The smallest absolute Gasteiger partial charge is 0.420 e. The lowest BCUT2D eigenvalue weighted by molar-refractivity contribution is -0.385. The highest BCUT2D eigenvalue weighted by molar-refractivity contribution is 5.90. The van der Waals surface area contributed by atoms with Crippen LogP contribution in [-0.4, -0.2) is 22.6 Å². The van der Waals surface area contributed by atoms with Crippen LogP contribution < -0.4 is 10.1 Å². The van der Waals surface area contributed by atoms with Crippen molar-refractivity contribution in [2.45, 2.75) is 13.1 Å². The third-order valence-electron chi connectivity index (χ3n) is 2.73. The minimum Gasteiger partial charge on any atom is -0.483 e. The van der Waals surface area contributed by atoms with Gasteiger partial charge in [-0.1, -0.05) is 5.16 Å². The van der Waals surface area contributed by atoms with Crippen LogP contribution in [0.1, 0.15) is 11.3 Å². The average molecular weight is 345 g/mol. The molecule has 0 bridgehead atoms. The highest BCUT2D eigenvalue weighted by Gasteiger charge is 2.36. The standard InChI is InChI=1S/C13H10F3N3O5/c1-7-4-11(18-24-7)17-12(20)6-23-10-3-2-8(19(21)22)5-9(10)13(14,15)16/h2-5H,6H2,1H3,(H,17,18,20). The van der Waals surface area contributed by atoms with Crippen LogP contribution in [0.2, 0.25) is 0 Å². The minimum absolute atomic E-state index is 0.0841. The van der Waals surface area contributed by atoms with E-state index in [9.17, 15) is 28.1 Å². The molecule has 2 rings (SSSR count). The summed E-state index contributed by atoms with van der Waals surface area (Å²) in [6.45, 7) is 0.846. The number of nitro benzene ring substituents is 1. The summed E-state index contributed by atoms with van der Waals surface area (Å²) in [6.07, 6.45) is -4.87. The molecule has 0 spiro atoms. The molecule has 0 aliphatic rings. The SMILES string of the molecule is Cc1cc(NC(=O)COc2ccc([N+](=O)[O-])cc2C(F)(F)F)no1. The van der Waals surface area contributed by atoms with Gasteiger partial charge in [0.25, 0.3) is 11.6 Å². The molecule has 24 heavy (non-hydrogen) atoms. The Morgan fingerprint density at radius 3 is 2.67 bits per heavy atom. The Labute approximate surface area is 132 Å². The number of aryl methyl sites for hydroxylation is 1. The second-order valence-electron chi connectivity index (χ2n) is 4.59. The molecule has 0 radical (unpaired) electrons. The van der Waals surface area contributed by atoms with Gasteiger partial charge in [0.1, 0.15) is 17.1 Å². The number of non-ortho nitro benzene ring substituents is 1. The second kappa shape index (κ2) is 6.56. The number of halogens is 3. The summed E-state index contributed by atoms with van der Waals surface area (Å²) in [5, 5.41) is 16.3.